The molecule has 0 spiro atoms. The van der Waals surface area contributed by atoms with Crippen molar-refractivity contribution in [2.45, 2.75) is 12.4 Å². The van der Waals surface area contributed by atoms with Crippen molar-refractivity contribution in [2.24, 2.45) is 0 Å². The van der Waals surface area contributed by atoms with E-state index >= 15 is 0 Å². The Bertz CT molecular complexity index is 572. The Morgan fingerprint density at radius 2 is 1.58 bits per heavy atom. The first-order valence-corrected chi connectivity index (χ1v) is 6.45. The third-order valence-electron chi connectivity index (χ3n) is 2.96. The minimum absolute atomic E-state index is 0.217. The molecule has 2 aromatic carbocycles. The molecule has 0 aliphatic carbocycles. The Morgan fingerprint density at radius 3 is 2.26 bits per heavy atom. The zero-order chi connectivity index (χ0) is 13.8. The van der Waals surface area contributed by atoms with E-state index in [2.05, 4.69) is 0 Å². The second kappa shape index (κ2) is 6.02. The van der Waals surface area contributed by atoms with Gasteiger partial charge in [0, 0.05) is 25.0 Å². The van der Waals surface area contributed by atoms with Crippen molar-refractivity contribution in [3.05, 3.63) is 65.2 Å². The zero-order valence-electron chi connectivity index (χ0n) is 10.5. The van der Waals surface area contributed by atoms with Gasteiger partial charge in [-0.05, 0) is 17.7 Å². The predicted molar refractivity (Wildman–Crippen MR) is 74.5 cm³/mol. The summed E-state index contributed by atoms with van der Waals surface area (Å²) in [6, 6.07) is 11.2. The minimum atomic E-state index is -0.350. The molecule has 0 heterocycles. The highest BCUT2D eigenvalue weighted by atomic mass is 35.5. The van der Waals surface area contributed by atoms with Crippen LogP contribution in [0.5, 0.6) is 0 Å². The molecule has 0 radical (unpaired) electrons. The van der Waals surface area contributed by atoms with Crippen LogP contribution in [0.3, 0.4) is 0 Å². The first kappa shape index (κ1) is 13.8. The summed E-state index contributed by atoms with van der Waals surface area (Å²) in [4.78, 5) is 1.67. The largest absolute Gasteiger partial charge is 0.368 e. The molecule has 0 atom stereocenters. The average Bonchev–Trinajstić information content (AvgIpc) is 2.40. The number of para-hydroxylation sites is 1. The van der Waals surface area contributed by atoms with Gasteiger partial charge in [-0.25, -0.2) is 8.78 Å². The van der Waals surface area contributed by atoms with Crippen LogP contribution < -0.4 is 4.90 Å². The van der Waals surface area contributed by atoms with Crippen molar-refractivity contribution in [3.8, 4) is 0 Å². The van der Waals surface area contributed by atoms with Crippen LogP contribution in [0.4, 0.5) is 14.5 Å². The molecule has 0 aliphatic rings. The van der Waals surface area contributed by atoms with Crippen molar-refractivity contribution >= 4 is 17.3 Å². The lowest BCUT2D eigenvalue weighted by molar-refractivity contribution is 0.600. The van der Waals surface area contributed by atoms with E-state index in [4.69, 9.17) is 11.6 Å². The molecule has 0 aromatic heterocycles. The van der Waals surface area contributed by atoms with Gasteiger partial charge in [-0.3, -0.25) is 0 Å². The third kappa shape index (κ3) is 3.04. The summed E-state index contributed by atoms with van der Waals surface area (Å²) < 4.78 is 27.5. The highest BCUT2D eigenvalue weighted by molar-refractivity contribution is 6.17. The second-order valence-electron chi connectivity index (χ2n) is 4.33. The van der Waals surface area contributed by atoms with Crippen LogP contribution in [0.15, 0.2) is 42.5 Å². The van der Waals surface area contributed by atoms with Crippen molar-refractivity contribution in [1.82, 2.24) is 0 Å². The van der Waals surface area contributed by atoms with Gasteiger partial charge in [0.15, 0.2) is 0 Å². The van der Waals surface area contributed by atoms with Crippen molar-refractivity contribution in [3.63, 3.8) is 0 Å². The lowest BCUT2D eigenvalue weighted by Gasteiger charge is -2.22. The lowest BCUT2D eigenvalue weighted by Crippen LogP contribution is -2.20. The summed E-state index contributed by atoms with van der Waals surface area (Å²) in [5.41, 5.74) is 1.63. The molecule has 0 unspecified atom stereocenters. The maximum absolute atomic E-state index is 13.9. The molecule has 0 N–H and O–H groups in total. The summed E-state index contributed by atoms with van der Waals surface area (Å²) in [5.74, 6) is -0.426. The minimum Gasteiger partial charge on any atom is -0.368 e. The first-order chi connectivity index (χ1) is 9.13. The fourth-order valence-electron chi connectivity index (χ4n) is 2.06. The van der Waals surface area contributed by atoms with E-state index in [0.29, 0.717) is 16.8 Å². The number of alkyl halides is 1. The number of hydrogen-bond acceptors (Lipinski definition) is 1. The van der Waals surface area contributed by atoms with Gasteiger partial charge in [0.2, 0.25) is 0 Å². The summed E-state index contributed by atoms with van der Waals surface area (Å²) in [5, 5.41) is 0. The molecule has 0 saturated heterocycles. The van der Waals surface area contributed by atoms with Gasteiger partial charge < -0.3 is 4.90 Å². The Hall–Kier alpha value is -1.61. The monoisotopic (exact) mass is 281 g/mol. The molecule has 100 valence electrons. The van der Waals surface area contributed by atoms with E-state index < -0.39 is 0 Å². The summed E-state index contributed by atoms with van der Waals surface area (Å²) in [7, 11) is 1.72. The highest BCUT2D eigenvalue weighted by Gasteiger charge is 2.14. The maximum Gasteiger partial charge on any atom is 0.146 e. The Morgan fingerprint density at radius 1 is 0.947 bits per heavy atom. The highest BCUT2D eigenvalue weighted by Crippen LogP contribution is 2.26. The van der Waals surface area contributed by atoms with Gasteiger partial charge >= 0.3 is 0 Å². The molecular formula is C15H14ClF2N. The SMILES string of the molecule is CN(Cc1ccccc1F)c1c(F)cccc1CCl. The normalized spacial score (nSPS) is 10.5. The number of rotatable bonds is 4. The van der Waals surface area contributed by atoms with Gasteiger partial charge in [0.1, 0.15) is 11.6 Å². The van der Waals surface area contributed by atoms with E-state index in [1.165, 1.54) is 12.1 Å². The molecule has 0 amide bonds. The molecular weight excluding hydrogens is 268 g/mol. The van der Waals surface area contributed by atoms with E-state index in [0.717, 1.165) is 0 Å². The van der Waals surface area contributed by atoms with Crippen molar-refractivity contribution < 1.29 is 8.78 Å². The second-order valence-corrected chi connectivity index (χ2v) is 4.60. The number of benzene rings is 2. The van der Waals surface area contributed by atoms with E-state index in [1.54, 1.807) is 42.3 Å². The molecule has 0 aliphatic heterocycles. The van der Waals surface area contributed by atoms with Crippen LogP contribution >= 0.6 is 11.6 Å². The number of halogens is 3. The van der Waals surface area contributed by atoms with E-state index in [1.807, 2.05) is 0 Å². The Kier molecular flexibility index (Phi) is 4.38. The molecule has 0 saturated carbocycles. The van der Waals surface area contributed by atoms with Gasteiger partial charge in [0.25, 0.3) is 0 Å². The number of hydrogen-bond donors (Lipinski definition) is 0. The molecule has 0 bridgehead atoms. The summed E-state index contributed by atoms with van der Waals surface area (Å²) in [6.45, 7) is 0.289. The van der Waals surface area contributed by atoms with E-state index in [9.17, 15) is 8.78 Å². The molecule has 2 rings (SSSR count). The first-order valence-electron chi connectivity index (χ1n) is 5.91. The molecule has 0 fully saturated rings. The number of anilines is 1. The van der Waals surface area contributed by atoms with Gasteiger partial charge in [0.05, 0.1) is 5.69 Å². The van der Waals surface area contributed by atoms with Crippen molar-refractivity contribution in [1.29, 1.82) is 0 Å². The predicted octanol–water partition coefficient (Wildman–Crippen LogP) is 4.34. The van der Waals surface area contributed by atoms with Crippen LogP contribution in [-0.4, -0.2) is 7.05 Å². The van der Waals surface area contributed by atoms with Crippen LogP contribution in [-0.2, 0) is 12.4 Å². The Labute approximate surface area is 116 Å². The topological polar surface area (TPSA) is 3.24 Å². The average molecular weight is 282 g/mol. The smallest absolute Gasteiger partial charge is 0.146 e. The number of nitrogens with zero attached hydrogens (tertiary/aromatic N) is 1. The standard InChI is InChI=1S/C15H14ClF2N/c1-19(10-12-5-2-3-7-13(12)17)15-11(9-16)6-4-8-14(15)18/h2-8H,9-10H2,1H3. The van der Waals surface area contributed by atoms with Crippen LogP contribution in [0.1, 0.15) is 11.1 Å². The third-order valence-corrected chi connectivity index (χ3v) is 3.25. The quantitative estimate of drug-likeness (QED) is 0.754. The summed E-state index contributed by atoms with van der Waals surface area (Å²) in [6.07, 6.45) is 0. The fraction of sp³-hybridized carbons (Fsp3) is 0.200. The van der Waals surface area contributed by atoms with Crippen LogP contribution in [0, 0.1) is 11.6 Å². The molecule has 2 aromatic rings. The molecule has 1 nitrogen and oxygen atoms in total. The van der Waals surface area contributed by atoms with Crippen LogP contribution in [0.2, 0.25) is 0 Å². The maximum atomic E-state index is 13.9. The fourth-order valence-corrected chi connectivity index (χ4v) is 2.27. The summed E-state index contributed by atoms with van der Waals surface area (Å²) >= 11 is 5.81. The molecule has 4 heteroatoms. The zero-order valence-corrected chi connectivity index (χ0v) is 11.3. The van der Waals surface area contributed by atoms with Crippen molar-refractivity contribution in [2.75, 3.05) is 11.9 Å². The van der Waals surface area contributed by atoms with Gasteiger partial charge in [-0.2, -0.15) is 0 Å². The lowest BCUT2D eigenvalue weighted by atomic mass is 10.1. The van der Waals surface area contributed by atoms with E-state index in [-0.39, 0.29) is 24.1 Å². The molecule has 19 heavy (non-hydrogen) atoms. The Balaban J connectivity index is 2.30. The van der Waals surface area contributed by atoms with Crippen LogP contribution in [0.25, 0.3) is 0 Å². The van der Waals surface area contributed by atoms with Gasteiger partial charge in [-0.1, -0.05) is 30.3 Å². The van der Waals surface area contributed by atoms with Gasteiger partial charge in [-0.15, -0.1) is 11.6 Å².